The second-order valence-electron chi connectivity index (χ2n) is 10.5. The fourth-order valence-corrected chi connectivity index (χ4v) is 6.15. The van der Waals surface area contributed by atoms with Gasteiger partial charge in [0.2, 0.25) is 0 Å². The quantitative estimate of drug-likeness (QED) is 0.213. The molecular weight excluding hydrogens is 509 g/mol. The maximum atomic E-state index is 13.6. The van der Waals surface area contributed by atoms with Crippen molar-refractivity contribution in [3.05, 3.63) is 156 Å². The van der Waals surface area contributed by atoms with E-state index < -0.39 is 5.54 Å². The highest BCUT2D eigenvalue weighted by Gasteiger charge is 2.43. The molecule has 2 heterocycles. The molecule has 0 fully saturated rings. The zero-order valence-corrected chi connectivity index (χ0v) is 22.6. The summed E-state index contributed by atoms with van der Waals surface area (Å²) in [6.07, 6.45) is 11.9. The predicted octanol–water partition coefficient (Wildman–Crippen LogP) is 8.73. The van der Waals surface area contributed by atoms with Crippen molar-refractivity contribution < 1.29 is 8.91 Å². The fourth-order valence-electron chi connectivity index (χ4n) is 6.15. The molecule has 5 heteroatoms. The second-order valence-corrected chi connectivity index (χ2v) is 10.5. The number of aromatic nitrogens is 3. The lowest BCUT2D eigenvalue weighted by atomic mass is 9.70. The Morgan fingerprint density at radius 3 is 2.17 bits per heavy atom. The minimum atomic E-state index is -0.562. The zero-order chi connectivity index (χ0) is 27.8. The molecule has 0 spiro atoms. The molecule has 1 atom stereocenters. The molecule has 0 saturated carbocycles. The lowest BCUT2D eigenvalue weighted by molar-refractivity contribution is 0.292. The SMILES string of the molecule is Cc1nn(C(c2ccccc2)(c2ccccc2)C2C=CC=CC2)cc1-c1ccc2noc(-c3ccc(F)cc3)c2c1. The number of nitrogens with zero attached hydrogens (tertiary/aromatic N) is 3. The van der Waals surface area contributed by atoms with Crippen LogP contribution in [0.3, 0.4) is 0 Å². The van der Waals surface area contributed by atoms with E-state index in [1.165, 1.54) is 23.3 Å². The molecule has 0 bridgehead atoms. The second kappa shape index (κ2) is 10.2. The molecule has 0 amide bonds. The Morgan fingerprint density at radius 2 is 1.51 bits per heavy atom. The first-order valence-electron chi connectivity index (χ1n) is 13.8. The van der Waals surface area contributed by atoms with Crippen LogP contribution in [0.25, 0.3) is 33.4 Å². The highest BCUT2D eigenvalue weighted by atomic mass is 19.1. The predicted molar refractivity (Wildman–Crippen MR) is 161 cm³/mol. The number of halogens is 1. The number of benzene rings is 4. The summed E-state index contributed by atoms with van der Waals surface area (Å²) in [6.45, 7) is 2.06. The van der Waals surface area contributed by atoms with Crippen LogP contribution in [0.1, 0.15) is 23.2 Å². The van der Waals surface area contributed by atoms with Gasteiger partial charge in [-0.25, -0.2) is 4.39 Å². The Bertz CT molecular complexity index is 1840. The fraction of sp³-hybridized carbons (Fsp3) is 0.111. The number of hydrogen-bond acceptors (Lipinski definition) is 3. The first kappa shape index (κ1) is 25.0. The van der Waals surface area contributed by atoms with Gasteiger partial charge in [-0.1, -0.05) is 96.2 Å². The number of allylic oxidation sites excluding steroid dienone is 4. The highest BCUT2D eigenvalue weighted by Crippen LogP contribution is 2.45. The van der Waals surface area contributed by atoms with Crippen LogP contribution in [0.4, 0.5) is 4.39 Å². The molecule has 41 heavy (non-hydrogen) atoms. The zero-order valence-electron chi connectivity index (χ0n) is 22.6. The van der Waals surface area contributed by atoms with Gasteiger partial charge in [0.05, 0.1) is 11.1 Å². The molecule has 6 aromatic rings. The molecule has 1 aliphatic rings. The van der Waals surface area contributed by atoms with E-state index in [0.717, 1.165) is 39.7 Å². The third-order valence-electron chi connectivity index (χ3n) is 8.10. The number of aryl methyl sites for hydroxylation is 1. The molecule has 4 nitrogen and oxygen atoms in total. The van der Waals surface area contributed by atoms with Gasteiger partial charge in [-0.2, -0.15) is 5.10 Å². The average molecular weight is 538 g/mol. The Labute approximate surface area is 238 Å². The van der Waals surface area contributed by atoms with Crippen molar-refractivity contribution in [3.8, 4) is 22.5 Å². The third kappa shape index (κ3) is 4.21. The van der Waals surface area contributed by atoms with Crippen LogP contribution in [-0.4, -0.2) is 14.9 Å². The standard InChI is InChI=1S/C36H28FN3O/c1-25-33(27-19-22-34-32(23-27)35(41-39-34)26-17-20-31(37)21-18-26)24-40(38-25)36(28-11-5-2-6-12-28,29-13-7-3-8-14-29)30-15-9-4-10-16-30/h2-15,17-24,30H,16H2,1H3. The molecule has 0 saturated heterocycles. The summed E-state index contributed by atoms with van der Waals surface area (Å²) in [4.78, 5) is 0. The van der Waals surface area contributed by atoms with Crippen LogP contribution in [-0.2, 0) is 5.54 Å². The Kier molecular flexibility index (Phi) is 6.20. The average Bonchev–Trinajstić information content (AvgIpc) is 3.63. The first-order valence-corrected chi connectivity index (χ1v) is 13.8. The van der Waals surface area contributed by atoms with Gasteiger partial charge in [0.15, 0.2) is 5.76 Å². The Balaban J connectivity index is 1.42. The molecule has 2 aromatic heterocycles. The summed E-state index contributed by atoms with van der Waals surface area (Å²) >= 11 is 0. The van der Waals surface area contributed by atoms with Gasteiger partial charge in [0, 0.05) is 23.2 Å². The number of rotatable bonds is 6. The molecule has 0 radical (unpaired) electrons. The van der Waals surface area contributed by atoms with E-state index in [4.69, 9.17) is 9.62 Å². The first-order chi connectivity index (χ1) is 20.1. The largest absolute Gasteiger partial charge is 0.355 e. The van der Waals surface area contributed by atoms with Crippen LogP contribution < -0.4 is 0 Å². The molecule has 0 N–H and O–H groups in total. The lowest BCUT2D eigenvalue weighted by Crippen LogP contribution is -2.43. The maximum absolute atomic E-state index is 13.6. The van der Waals surface area contributed by atoms with Gasteiger partial charge < -0.3 is 4.52 Å². The van der Waals surface area contributed by atoms with Crippen LogP contribution in [0.5, 0.6) is 0 Å². The van der Waals surface area contributed by atoms with Gasteiger partial charge in [0.25, 0.3) is 0 Å². The monoisotopic (exact) mass is 537 g/mol. The molecule has 7 rings (SSSR count). The maximum Gasteiger partial charge on any atom is 0.174 e. The van der Waals surface area contributed by atoms with Crippen LogP contribution in [0, 0.1) is 18.7 Å². The van der Waals surface area contributed by atoms with E-state index in [9.17, 15) is 4.39 Å². The van der Waals surface area contributed by atoms with Gasteiger partial charge in [-0.15, -0.1) is 0 Å². The van der Waals surface area contributed by atoms with Crippen molar-refractivity contribution in [2.75, 3.05) is 0 Å². The van der Waals surface area contributed by atoms with Gasteiger partial charge in [-0.3, -0.25) is 4.68 Å². The summed E-state index contributed by atoms with van der Waals surface area (Å²) in [6, 6.07) is 33.7. The number of hydrogen-bond donors (Lipinski definition) is 0. The normalized spacial score (nSPS) is 15.0. The molecular formula is C36H28FN3O. The van der Waals surface area contributed by atoms with Crippen LogP contribution >= 0.6 is 0 Å². The van der Waals surface area contributed by atoms with E-state index >= 15 is 0 Å². The summed E-state index contributed by atoms with van der Waals surface area (Å²) in [5.41, 5.74) is 6.30. The van der Waals surface area contributed by atoms with Crippen molar-refractivity contribution in [1.82, 2.24) is 14.9 Å². The van der Waals surface area contributed by atoms with Gasteiger partial charge in [0.1, 0.15) is 16.9 Å². The van der Waals surface area contributed by atoms with Crippen LogP contribution in [0.15, 0.2) is 138 Å². The summed E-state index contributed by atoms with van der Waals surface area (Å²) in [5, 5.41) is 10.4. The molecule has 4 aromatic carbocycles. The Hall–Kier alpha value is -5.03. The van der Waals surface area contributed by atoms with E-state index in [-0.39, 0.29) is 11.7 Å². The van der Waals surface area contributed by atoms with E-state index in [1.54, 1.807) is 12.1 Å². The smallest absolute Gasteiger partial charge is 0.174 e. The minimum absolute atomic E-state index is 0.148. The molecule has 1 unspecified atom stereocenters. The minimum Gasteiger partial charge on any atom is -0.355 e. The van der Waals surface area contributed by atoms with Crippen molar-refractivity contribution in [2.45, 2.75) is 18.9 Å². The topological polar surface area (TPSA) is 43.9 Å². The van der Waals surface area contributed by atoms with E-state index in [1.807, 2.05) is 6.07 Å². The van der Waals surface area contributed by atoms with Crippen molar-refractivity contribution >= 4 is 10.9 Å². The molecule has 200 valence electrons. The lowest BCUT2D eigenvalue weighted by Gasteiger charge is -2.41. The number of fused-ring (bicyclic) bond motifs is 1. The summed E-state index contributed by atoms with van der Waals surface area (Å²) in [5.74, 6) is 0.481. The van der Waals surface area contributed by atoms with Crippen molar-refractivity contribution in [1.29, 1.82) is 0 Å². The Morgan fingerprint density at radius 1 is 0.829 bits per heavy atom. The van der Waals surface area contributed by atoms with Crippen LogP contribution in [0.2, 0.25) is 0 Å². The van der Waals surface area contributed by atoms with E-state index in [0.29, 0.717) is 5.76 Å². The molecule has 1 aliphatic carbocycles. The van der Waals surface area contributed by atoms with Crippen molar-refractivity contribution in [2.24, 2.45) is 5.92 Å². The van der Waals surface area contributed by atoms with E-state index in [2.05, 4.69) is 120 Å². The summed E-state index contributed by atoms with van der Waals surface area (Å²) in [7, 11) is 0. The van der Waals surface area contributed by atoms with Gasteiger partial charge in [-0.05, 0) is 66.4 Å². The van der Waals surface area contributed by atoms with Crippen molar-refractivity contribution in [3.63, 3.8) is 0 Å². The summed E-state index contributed by atoms with van der Waals surface area (Å²) < 4.78 is 21.5. The highest BCUT2D eigenvalue weighted by molar-refractivity contribution is 5.94. The van der Waals surface area contributed by atoms with Gasteiger partial charge >= 0.3 is 0 Å². The molecule has 0 aliphatic heterocycles. The third-order valence-corrected chi connectivity index (χ3v) is 8.10.